The van der Waals surface area contributed by atoms with E-state index in [0.29, 0.717) is 18.4 Å². The summed E-state index contributed by atoms with van der Waals surface area (Å²) in [5, 5.41) is 11.1. The van der Waals surface area contributed by atoms with Gasteiger partial charge in [0, 0.05) is 18.8 Å². The highest BCUT2D eigenvalue weighted by Gasteiger charge is 2.01. The van der Waals surface area contributed by atoms with Gasteiger partial charge in [-0.3, -0.25) is 0 Å². The first-order chi connectivity index (χ1) is 8.69. The van der Waals surface area contributed by atoms with Crippen molar-refractivity contribution in [1.82, 2.24) is 20.2 Å². The number of nitrogens with one attached hydrogen (secondary N) is 1. The number of aryl methyl sites for hydroxylation is 2. The third kappa shape index (κ3) is 2.91. The molecule has 6 nitrogen and oxygen atoms in total. The molecule has 0 saturated heterocycles. The molecular formula is C12H15N5O. The van der Waals surface area contributed by atoms with Gasteiger partial charge in [0.25, 0.3) is 0 Å². The van der Waals surface area contributed by atoms with Gasteiger partial charge >= 0.3 is 0 Å². The average molecular weight is 245 g/mol. The van der Waals surface area contributed by atoms with E-state index >= 15 is 0 Å². The van der Waals surface area contributed by atoms with E-state index in [0.717, 1.165) is 17.0 Å². The standard InChI is InChI=1S/C12H15N5O/c1-8-9(2)16-17-12(15-8)14-7-10-4-5-11(18-3)13-6-10/h4-6H,7H2,1-3H3,(H,14,15,17). The predicted octanol–water partition coefficient (Wildman–Crippen LogP) is 1.50. The van der Waals surface area contributed by atoms with E-state index in [1.165, 1.54) is 0 Å². The Balaban J connectivity index is 1.99. The zero-order valence-corrected chi connectivity index (χ0v) is 10.6. The summed E-state index contributed by atoms with van der Waals surface area (Å²) < 4.78 is 4.99. The Bertz CT molecular complexity index is 526. The molecule has 0 saturated carbocycles. The lowest BCUT2D eigenvalue weighted by atomic mass is 10.3. The highest BCUT2D eigenvalue weighted by Crippen LogP contribution is 2.08. The fourth-order valence-corrected chi connectivity index (χ4v) is 1.35. The summed E-state index contributed by atoms with van der Waals surface area (Å²) in [4.78, 5) is 8.41. The van der Waals surface area contributed by atoms with Gasteiger partial charge in [0.15, 0.2) is 0 Å². The molecule has 0 aliphatic rings. The average Bonchev–Trinajstić information content (AvgIpc) is 2.41. The van der Waals surface area contributed by atoms with Crippen molar-refractivity contribution in [3.05, 3.63) is 35.3 Å². The number of pyridine rings is 1. The molecule has 0 aliphatic heterocycles. The number of ether oxygens (including phenoxy) is 1. The molecule has 1 N–H and O–H groups in total. The molecule has 0 aromatic carbocycles. The Kier molecular flexibility index (Phi) is 3.66. The Hall–Kier alpha value is -2.24. The molecule has 0 spiro atoms. The van der Waals surface area contributed by atoms with Crippen LogP contribution in [0.4, 0.5) is 5.95 Å². The van der Waals surface area contributed by atoms with Crippen molar-refractivity contribution in [2.75, 3.05) is 12.4 Å². The molecule has 18 heavy (non-hydrogen) atoms. The highest BCUT2D eigenvalue weighted by molar-refractivity contribution is 5.28. The fraction of sp³-hybridized carbons (Fsp3) is 0.333. The van der Waals surface area contributed by atoms with Crippen molar-refractivity contribution < 1.29 is 4.74 Å². The van der Waals surface area contributed by atoms with E-state index in [1.807, 2.05) is 26.0 Å². The summed E-state index contributed by atoms with van der Waals surface area (Å²) in [7, 11) is 1.59. The van der Waals surface area contributed by atoms with Crippen LogP contribution in [-0.2, 0) is 6.54 Å². The van der Waals surface area contributed by atoms with Crippen LogP contribution in [0.25, 0.3) is 0 Å². The van der Waals surface area contributed by atoms with Crippen LogP contribution in [-0.4, -0.2) is 27.3 Å². The van der Waals surface area contributed by atoms with Gasteiger partial charge in [0.05, 0.1) is 18.5 Å². The zero-order valence-electron chi connectivity index (χ0n) is 10.6. The lowest BCUT2D eigenvalue weighted by Crippen LogP contribution is -2.07. The van der Waals surface area contributed by atoms with Gasteiger partial charge in [0.2, 0.25) is 11.8 Å². The van der Waals surface area contributed by atoms with Crippen LogP contribution in [0.1, 0.15) is 17.0 Å². The van der Waals surface area contributed by atoms with Gasteiger partial charge in [0.1, 0.15) is 0 Å². The van der Waals surface area contributed by atoms with Crippen molar-refractivity contribution in [3.8, 4) is 5.88 Å². The van der Waals surface area contributed by atoms with E-state index in [4.69, 9.17) is 4.74 Å². The van der Waals surface area contributed by atoms with Crippen LogP contribution in [0.15, 0.2) is 18.3 Å². The molecule has 0 amide bonds. The quantitative estimate of drug-likeness (QED) is 0.880. The maximum absolute atomic E-state index is 4.99. The largest absolute Gasteiger partial charge is 0.481 e. The number of aromatic nitrogens is 4. The second kappa shape index (κ2) is 5.39. The SMILES string of the molecule is COc1ccc(CNc2nnc(C)c(C)n2)cn1. The van der Waals surface area contributed by atoms with Crippen molar-refractivity contribution in [2.24, 2.45) is 0 Å². The van der Waals surface area contributed by atoms with Crippen molar-refractivity contribution >= 4 is 5.95 Å². The molecule has 2 aromatic heterocycles. The number of rotatable bonds is 4. The number of anilines is 1. The van der Waals surface area contributed by atoms with Crippen LogP contribution in [0, 0.1) is 13.8 Å². The first-order valence-corrected chi connectivity index (χ1v) is 5.60. The molecule has 2 heterocycles. The summed E-state index contributed by atoms with van der Waals surface area (Å²) in [6, 6.07) is 3.75. The van der Waals surface area contributed by atoms with E-state index in [-0.39, 0.29) is 0 Å². The van der Waals surface area contributed by atoms with Crippen LogP contribution in [0.5, 0.6) is 5.88 Å². The second-order valence-electron chi connectivity index (χ2n) is 3.87. The number of nitrogens with zero attached hydrogens (tertiary/aromatic N) is 4. The molecule has 2 aromatic rings. The second-order valence-corrected chi connectivity index (χ2v) is 3.87. The number of hydrogen-bond acceptors (Lipinski definition) is 6. The molecule has 0 bridgehead atoms. The fourth-order valence-electron chi connectivity index (χ4n) is 1.35. The van der Waals surface area contributed by atoms with Gasteiger partial charge in [-0.2, -0.15) is 5.10 Å². The predicted molar refractivity (Wildman–Crippen MR) is 67.4 cm³/mol. The molecule has 0 atom stereocenters. The van der Waals surface area contributed by atoms with Crippen LogP contribution >= 0.6 is 0 Å². The van der Waals surface area contributed by atoms with E-state index in [1.54, 1.807) is 13.3 Å². The first kappa shape index (κ1) is 12.2. The number of methoxy groups -OCH3 is 1. The van der Waals surface area contributed by atoms with Crippen molar-refractivity contribution in [1.29, 1.82) is 0 Å². The molecular weight excluding hydrogens is 230 g/mol. The Labute approximate surface area is 105 Å². The Morgan fingerprint density at radius 3 is 2.61 bits per heavy atom. The summed E-state index contributed by atoms with van der Waals surface area (Å²) in [5.41, 5.74) is 2.74. The van der Waals surface area contributed by atoms with Crippen LogP contribution in [0.2, 0.25) is 0 Å². The maximum Gasteiger partial charge on any atom is 0.243 e. The molecule has 2 rings (SSSR count). The minimum atomic E-state index is 0.522. The van der Waals surface area contributed by atoms with Crippen molar-refractivity contribution in [2.45, 2.75) is 20.4 Å². The highest BCUT2D eigenvalue weighted by atomic mass is 16.5. The third-order valence-corrected chi connectivity index (χ3v) is 2.55. The molecule has 94 valence electrons. The first-order valence-electron chi connectivity index (χ1n) is 5.60. The minimum absolute atomic E-state index is 0.522. The van der Waals surface area contributed by atoms with Crippen LogP contribution in [0.3, 0.4) is 0 Å². The summed E-state index contributed by atoms with van der Waals surface area (Å²) in [5.74, 6) is 1.12. The number of hydrogen-bond donors (Lipinski definition) is 1. The monoisotopic (exact) mass is 245 g/mol. The third-order valence-electron chi connectivity index (χ3n) is 2.55. The van der Waals surface area contributed by atoms with Gasteiger partial charge in [-0.25, -0.2) is 9.97 Å². The Morgan fingerprint density at radius 1 is 1.17 bits per heavy atom. The normalized spacial score (nSPS) is 10.2. The zero-order chi connectivity index (χ0) is 13.0. The lowest BCUT2D eigenvalue weighted by molar-refractivity contribution is 0.397. The van der Waals surface area contributed by atoms with Crippen molar-refractivity contribution in [3.63, 3.8) is 0 Å². The lowest BCUT2D eigenvalue weighted by Gasteiger charge is -2.06. The van der Waals surface area contributed by atoms with Gasteiger partial charge in [-0.15, -0.1) is 5.10 Å². The minimum Gasteiger partial charge on any atom is -0.481 e. The molecule has 0 fully saturated rings. The van der Waals surface area contributed by atoms with Gasteiger partial charge < -0.3 is 10.1 Å². The molecule has 6 heteroatoms. The molecule has 0 aliphatic carbocycles. The molecule has 0 radical (unpaired) electrons. The Morgan fingerprint density at radius 2 is 2.00 bits per heavy atom. The van der Waals surface area contributed by atoms with E-state index in [9.17, 15) is 0 Å². The van der Waals surface area contributed by atoms with E-state index in [2.05, 4.69) is 25.5 Å². The van der Waals surface area contributed by atoms with Gasteiger partial charge in [-0.05, 0) is 19.4 Å². The topological polar surface area (TPSA) is 72.8 Å². The summed E-state index contributed by atoms with van der Waals surface area (Å²) in [6.07, 6.45) is 1.75. The summed E-state index contributed by atoms with van der Waals surface area (Å²) in [6.45, 7) is 4.39. The van der Waals surface area contributed by atoms with Crippen LogP contribution < -0.4 is 10.1 Å². The smallest absolute Gasteiger partial charge is 0.243 e. The van der Waals surface area contributed by atoms with Gasteiger partial charge in [-0.1, -0.05) is 6.07 Å². The maximum atomic E-state index is 4.99. The summed E-state index contributed by atoms with van der Waals surface area (Å²) >= 11 is 0. The van der Waals surface area contributed by atoms with E-state index < -0.39 is 0 Å². The molecule has 0 unspecified atom stereocenters.